The lowest BCUT2D eigenvalue weighted by Crippen LogP contribution is -2.47. The summed E-state index contributed by atoms with van der Waals surface area (Å²) in [6.07, 6.45) is 2.77. The number of hydrogen-bond donors (Lipinski definition) is 0. The average molecular weight is 292 g/mol. The molecule has 0 amide bonds. The van der Waals surface area contributed by atoms with Crippen LogP contribution in [0.1, 0.15) is 12.8 Å². The first kappa shape index (κ1) is 13.9. The maximum Gasteiger partial charge on any atom is 0.138 e. The number of methoxy groups -OCH3 is 1. The number of rotatable bonds is 5. The van der Waals surface area contributed by atoms with Gasteiger partial charge in [-0.15, -0.1) is 0 Å². The molecule has 1 unspecified atom stereocenters. The van der Waals surface area contributed by atoms with Gasteiger partial charge in [0.25, 0.3) is 0 Å². The Morgan fingerprint density at radius 2 is 2.41 bits per heavy atom. The van der Waals surface area contributed by atoms with Gasteiger partial charge in [-0.3, -0.25) is 4.90 Å². The van der Waals surface area contributed by atoms with E-state index in [0.29, 0.717) is 0 Å². The highest BCUT2D eigenvalue weighted by molar-refractivity contribution is 8.22. The molecule has 2 fully saturated rings. The summed E-state index contributed by atoms with van der Waals surface area (Å²) in [5.41, 5.74) is 0. The molecule has 2 aliphatic rings. The van der Waals surface area contributed by atoms with Gasteiger partial charge in [0.05, 0.1) is 19.2 Å². The molecular weight excluding hydrogens is 272 g/mol. The van der Waals surface area contributed by atoms with Crippen molar-refractivity contribution in [3.05, 3.63) is 0 Å². The molecular formula is C11H20N2OS3. The zero-order valence-electron chi connectivity index (χ0n) is 10.3. The average Bonchev–Trinajstić information content (AvgIpc) is 2.82. The van der Waals surface area contributed by atoms with Gasteiger partial charge in [-0.25, -0.2) is 0 Å². The van der Waals surface area contributed by atoms with E-state index in [1.165, 1.54) is 25.1 Å². The summed E-state index contributed by atoms with van der Waals surface area (Å²) >= 11 is 9.29. The van der Waals surface area contributed by atoms with Crippen molar-refractivity contribution >= 4 is 40.1 Å². The second-order valence-electron chi connectivity index (χ2n) is 4.43. The Kier molecular flexibility index (Phi) is 5.89. The van der Waals surface area contributed by atoms with E-state index in [9.17, 15) is 0 Å². The number of hydrogen-bond acceptors (Lipinski definition) is 5. The van der Waals surface area contributed by atoms with Crippen molar-refractivity contribution in [2.24, 2.45) is 0 Å². The normalized spacial score (nSPS) is 26.8. The molecule has 3 nitrogen and oxygen atoms in total. The largest absolute Gasteiger partial charge is 0.383 e. The van der Waals surface area contributed by atoms with E-state index in [-0.39, 0.29) is 0 Å². The summed E-state index contributed by atoms with van der Waals surface area (Å²) in [7, 11) is 1.74. The molecule has 0 bridgehead atoms. The highest BCUT2D eigenvalue weighted by Gasteiger charge is 2.25. The molecule has 0 aliphatic carbocycles. The summed E-state index contributed by atoms with van der Waals surface area (Å²) in [6.45, 7) is 3.86. The van der Waals surface area contributed by atoms with Crippen LogP contribution in [0.3, 0.4) is 0 Å². The Morgan fingerprint density at radius 3 is 3.12 bits per heavy atom. The van der Waals surface area contributed by atoms with Gasteiger partial charge < -0.3 is 9.64 Å². The van der Waals surface area contributed by atoms with Gasteiger partial charge in [0.15, 0.2) is 0 Å². The van der Waals surface area contributed by atoms with Crippen LogP contribution in [0.5, 0.6) is 0 Å². The van der Waals surface area contributed by atoms with E-state index in [1.807, 2.05) is 0 Å². The number of thioether (sulfide) groups is 2. The Hall–Kier alpha value is 0.510. The number of ether oxygens (including phenoxy) is 1. The maximum atomic E-state index is 5.38. The number of nitrogens with zero attached hydrogens (tertiary/aromatic N) is 2. The molecule has 0 aromatic rings. The molecule has 0 spiro atoms. The maximum absolute atomic E-state index is 5.38. The fourth-order valence-electron chi connectivity index (χ4n) is 2.13. The van der Waals surface area contributed by atoms with Crippen LogP contribution in [0.2, 0.25) is 0 Å². The molecule has 6 heteroatoms. The lowest BCUT2D eigenvalue weighted by molar-refractivity contribution is 0.146. The molecule has 0 radical (unpaired) electrons. The van der Waals surface area contributed by atoms with Gasteiger partial charge in [-0.2, -0.15) is 11.8 Å². The van der Waals surface area contributed by atoms with Crippen molar-refractivity contribution in [2.45, 2.75) is 18.1 Å². The second kappa shape index (κ2) is 7.19. The van der Waals surface area contributed by atoms with Crippen LogP contribution in [0.25, 0.3) is 0 Å². The van der Waals surface area contributed by atoms with Crippen molar-refractivity contribution in [1.29, 1.82) is 0 Å². The van der Waals surface area contributed by atoms with Crippen molar-refractivity contribution in [2.75, 3.05) is 45.1 Å². The Bertz CT molecular complexity index is 259. The third-order valence-electron chi connectivity index (χ3n) is 3.05. The quantitative estimate of drug-likeness (QED) is 0.716. The lowest BCUT2D eigenvalue weighted by atomic mass is 10.2. The monoisotopic (exact) mass is 292 g/mol. The first-order valence-electron chi connectivity index (χ1n) is 6.04. The Balaban J connectivity index is 1.77. The molecule has 2 rings (SSSR count). The van der Waals surface area contributed by atoms with Crippen molar-refractivity contribution in [1.82, 2.24) is 9.80 Å². The highest BCUT2D eigenvalue weighted by atomic mass is 32.2. The smallest absolute Gasteiger partial charge is 0.138 e. The molecule has 1 atom stereocenters. The molecule has 0 N–H and O–H groups in total. The zero-order valence-corrected chi connectivity index (χ0v) is 12.7. The van der Waals surface area contributed by atoms with Crippen LogP contribution in [0, 0.1) is 0 Å². The second-order valence-corrected chi connectivity index (χ2v) is 7.41. The third kappa shape index (κ3) is 4.28. The standard InChI is InChI=1S/C11H20N2OS3/c1-14-5-4-13-8-12(9-17-11(13)15)7-10-3-2-6-16-10/h10H,2-9H2,1H3. The third-order valence-corrected chi connectivity index (χ3v) is 6.04. The molecule has 2 saturated heterocycles. The molecule has 2 aliphatic heterocycles. The molecule has 2 heterocycles. The molecule has 0 aromatic carbocycles. The van der Waals surface area contributed by atoms with Gasteiger partial charge in [0.2, 0.25) is 0 Å². The van der Waals surface area contributed by atoms with Crippen molar-refractivity contribution < 1.29 is 4.74 Å². The first-order chi connectivity index (χ1) is 8.29. The zero-order chi connectivity index (χ0) is 12.1. The Labute approximate surface area is 118 Å². The van der Waals surface area contributed by atoms with Crippen LogP contribution in [-0.2, 0) is 4.74 Å². The number of thiocarbonyl (C=S) groups is 1. The fraction of sp³-hybridized carbons (Fsp3) is 0.909. The van der Waals surface area contributed by atoms with E-state index >= 15 is 0 Å². The minimum absolute atomic E-state index is 0.757. The van der Waals surface area contributed by atoms with Crippen molar-refractivity contribution in [3.63, 3.8) is 0 Å². The van der Waals surface area contributed by atoms with E-state index in [4.69, 9.17) is 17.0 Å². The van der Waals surface area contributed by atoms with Gasteiger partial charge in [-0.1, -0.05) is 24.0 Å². The van der Waals surface area contributed by atoms with Gasteiger partial charge >= 0.3 is 0 Å². The van der Waals surface area contributed by atoms with Crippen LogP contribution >= 0.6 is 35.7 Å². The minimum atomic E-state index is 0.757. The molecule has 0 saturated carbocycles. The predicted octanol–water partition coefficient (Wildman–Crippen LogP) is 2.08. The van der Waals surface area contributed by atoms with E-state index < -0.39 is 0 Å². The van der Waals surface area contributed by atoms with Gasteiger partial charge in [0, 0.05) is 25.4 Å². The van der Waals surface area contributed by atoms with Crippen LogP contribution in [0.15, 0.2) is 0 Å². The topological polar surface area (TPSA) is 15.7 Å². The highest BCUT2D eigenvalue weighted by Crippen LogP contribution is 2.28. The van der Waals surface area contributed by atoms with Gasteiger partial charge in [-0.05, 0) is 18.6 Å². The summed E-state index contributed by atoms with van der Waals surface area (Å²) in [5.74, 6) is 2.40. The van der Waals surface area contributed by atoms with E-state index in [0.717, 1.165) is 35.3 Å². The van der Waals surface area contributed by atoms with Crippen molar-refractivity contribution in [3.8, 4) is 0 Å². The first-order valence-corrected chi connectivity index (χ1v) is 8.48. The van der Waals surface area contributed by atoms with Crippen LogP contribution in [-0.4, -0.2) is 64.5 Å². The lowest BCUT2D eigenvalue weighted by Gasteiger charge is -2.37. The Morgan fingerprint density at radius 1 is 1.53 bits per heavy atom. The van der Waals surface area contributed by atoms with Gasteiger partial charge in [0.1, 0.15) is 4.32 Å². The summed E-state index contributed by atoms with van der Waals surface area (Å²) in [5, 5.41) is 0.839. The van der Waals surface area contributed by atoms with E-state index in [1.54, 1.807) is 18.9 Å². The fourth-order valence-corrected chi connectivity index (χ4v) is 4.56. The molecule has 17 heavy (non-hydrogen) atoms. The summed E-state index contributed by atoms with van der Waals surface area (Å²) in [6, 6.07) is 0. The summed E-state index contributed by atoms with van der Waals surface area (Å²) in [4.78, 5) is 4.77. The minimum Gasteiger partial charge on any atom is -0.383 e. The summed E-state index contributed by atoms with van der Waals surface area (Å²) < 4.78 is 6.15. The van der Waals surface area contributed by atoms with E-state index in [2.05, 4.69) is 21.6 Å². The SMILES string of the molecule is COCCN1CN(CC2CCCS2)CSC1=S. The van der Waals surface area contributed by atoms with Crippen LogP contribution < -0.4 is 0 Å². The predicted molar refractivity (Wildman–Crippen MR) is 80.7 cm³/mol. The van der Waals surface area contributed by atoms with Crippen LogP contribution in [0.4, 0.5) is 0 Å². The molecule has 0 aromatic heterocycles. The molecule has 98 valence electrons.